The predicted molar refractivity (Wildman–Crippen MR) is 50.6 cm³/mol. The molecule has 0 heterocycles. The highest BCUT2D eigenvalue weighted by atomic mass is 19.4. The van der Waals surface area contributed by atoms with Gasteiger partial charge in [-0.15, -0.1) is 0 Å². The summed E-state index contributed by atoms with van der Waals surface area (Å²) < 4.78 is 74.3. The third-order valence-corrected chi connectivity index (χ3v) is 2.14. The maximum absolute atomic E-state index is 12.4. The van der Waals surface area contributed by atoms with E-state index in [4.69, 9.17) is 7.85 Å². The van der Waals surface area contributed by atoms with Crippen molar-refractivity contribution in [2.45, 2.75) is 25.1 Å². The van der Waals surface area contributed by atoms with E-state index >= 15 is 0 Å². The van der Waals surface area contributed by atoms with E-state index in [1.165, 1.54) is 6.92 Å². The third kappa shape index (κ3) is 3.41. The third-order valence-electron chi connectivity index (χ3n) is 2.14. The fourth-order valence-corrected chi connectivity index (χ4v) is 1.24. The highest BCUT2D eigenvalue weighted by molar-refractivity contribution is 6.12. The Bertz CT molecular complexity index is 372. The number of hydrogen-bond acceptors (Lipinski definition) is 0. The van der Waals surface area contributed by atoms with E-state index in [2.05, 4.69) is 0 Å². The van der Waals surface area contributed by atoms with Gasteiger partial charge in [0, 0.05) is 0 Å². The number of alkyl halides is 6. The lowest BCUT2D eigenvalue weighted by Crippen LogP contribution is -2.12. The molecule has 0 aliphatic carbocycles. The summed E-state index contributed by atoms with van der Waals surface area (Å²) in [6.45, 7) is 1.32. The summed E-state index contributed by atoms with van der Waals surface area (Å²) in [6.07, 6.45) is -9.66. The first-order chi connectivity index (χ1) is 7.51. The highest BCUT2D eigenvalue weighted by Crippen LogP contribution is 2.37. The van der Waals surface area contributed by atoms with Crippen LogP contribution in [0.5, 0.6) is 0 Å². The standard InChI is InChI=1S/C10H7BF6/c1-5(11)6-2-7(9(12,13)14)4-8(3-6)10(15,16)17/h2-5H,1H3/t5-/m1/s1. The number of hydrogen-bond donors (Lipinski definition) is 0. The Labute approximate surface area is 95.0 Å². The smallest absolute Gasteiger partial charge is 0.166 e. The summed E-state index contributed by atoms with van der Waals surface area (Å²) in [5.41, 5.74) is -2.90. The second kappa shape index (κ2) is 4.27. The summed E-state index contributed by atoms with van der Waals surface area (Å²) in [7, 11) is 5.30. The first-order valence-electron chi connectivity index (χ1n) is 4.57. The van der Waals surface area contributed by atoms with Crippen LogP contribution < -0.4 is 0 Å². The second-order valence-electron chi connectivity index (χ2n) is 3.63. The summed E-state index contributed by atoms with van der Waals surface area (Å²) >= 11 is 0. The molecule has 92 valence electrons. The van der Waals surface area contributed by atoms with Gasteiger partial charge in [-0.3, -0.25) is 0 Å². The van der Waals surface area contributed by atoms with Crippen LogP contribution in [0.1, 0.15) is 29.4 Å². The van der Waals surface area contributed by atoms with Crippen molar-refractivity contribution in [3.05, 3.63) is 34.9 Å². The number of rotatable bonds is 1. The van der Waals surface area contributed by atoms with Gasteiger partial charge in [0.1, 0.15) is 0 Å². The Hall–Kier alpha value is -1.14. The van der Waals surface area contributed by atoms with Gasteiger partial charge in [-0.1, -0.05) is 18.3 Å². The molecule has 0 fully saturated rings. The number of halogens is 6. The monoisotopic (exact) mass is 252 g/mol. The van der Waals surface area contributed by atoms with Gasteiger partial charge in [-0.2, -0.15) is 26.3 Å². The maximum atomic E-state index is 12.4. The molecule has 0 N–H and O–H groups in total. The van der Waals surface area contributed by atoms with Crippen molar-refractivity contribution in [3.8, 4) is 0 Å². The normalized spacial score (nSPS) is 14.8. The first-order valence-corrected chi connectivity index (χ1v) is 4.57. The van der Waals surface area contributed by atoms with E-state index in [0.29, 0.717) is 12.1 Å². The van der Waals surface area contributed by atoms with Crippen LogP contribution in [0, 0.1) is 0 Å². The van der Waals surface area contributed by atoms with Crippen LogP contribution in [0.25, 0.3) is 0 Å². The fraction of sp³-hybridized carbons (Fsp3) is 0.400. The molecule has 2 radical (unpaired) electrons. The summed E-state index contributed by atoms with van der Waals surface area (Å²) in [4.78, 5) is 0. The Morgan fingerprint density at radius 2 is 1.24 bits per heavy atom. The SMILES string of the molecule is [B][C@H](C)c1cc(C(F)(F)F)cc(C(F)(F)F)c1. The van der Waals surface area contributed by atoms with Crippen molar-refractivity contribution in [2.24, 2.45) is 0 Å². The van der Waals surface area contributed by atoms with Gasteiger partial charge in [0.2, 0.25) is 0 Å². The molecule has 1 atom stereocenters. The minimum absolute atomic E-state index is 0.0753. The molecule has 1 rings (SSSR count). The molecule has 17 heavy (non-hydrogen) atoms. The average Bonchev–Trinajstić information content (AvgIpc) is 2.14. The lowest BCUT2D eigenvalue weighted by Gasteiger charge is -2.15. The Morgan fingerprint density at radius 1 is 0.882 bits per heavy atom. The maximum Gasteiger partial charge on any atom is 0.416 e. The Balaban J connectivity index is 3.40. The summed E-state index contributed by atoms with van der Waals surface area (Å²) in [6, 6.07) is 1.33. The number of benzene rings is 1. The van der Waals surface area contributed by atoms with Gasteiger partial charge in [0.15, 0.2) is 0 Å². The molecule has 0 aromatic heterocycles. The molecule has 0 bridgehead atoms. The van der Waals surface area contributed by atoms with Crippen molar-refractivity contribution in [2.75, 3.05) is 0 Å². The lowest BCUT2D eigenvalue weighted by molar-refractivity contribution is -0.143. The minimum Gasteiger partial charge on any atom is -0.166 e. The van der Waals surface area contributed by atoms with Gasteiger partial charge in [0.05, 0.1) is 19.0 Å². The molecular weight excluding hydrogens is 245 g/mol. The topological polar surface area (TPSA) is 0 Å². The minimum atomic E-state index is -4.83. The molecule has 0 aliphatic rings. The predicted octanol–water partition coefficient (Wildman–Crippen LogP) is 3.95. The summed E-state index contributed by atoms with van der Waals surface area (Å²) in [5, 5.41) is 0. The average molecular weight is 252 g/mol. The second-order valence-corrected chi connectivity index (χ2v) is 3.63. The van der Waals surface area contributed by atoms with E-state index in [1.54, 1.807) is 0 Å². The molecule has 0 saturated carbocycles. The molecule has 1 aromatic rings. The van der Waals surface area contributed by atoms with Crippen molar-refractivity contribution in [1.82, 2.24) is 0 Å². The zero-order valence-corrected chi connectivity index (χ0v) is 8.65. The molecular formula is C10H7BF6. The van der Waals surface area contributed by atoms with Crippen LogP contribution in [-0.2, 0) is 12.4 Å². The quantitative estimate of drug-likeness (QED) is 0.524. The van der Waals surface area contributed by atoms with E-state index in [1.807, 2.05) is 0 Å². The molecule has 0 nitrogen and oxygen atoms in total. The van der Waals surface area contributed by atoms with Crippen molar-refractivity contribution in [1.29, 1.82) is 0 Å². The summed E-state index contributed by atoms with van der Waals surface area (Å²) in [5.74, 6) is -0.904. The van der Waals surface area contributed by atoms with Crippen molar-refractivity contribution < 1.29 is 26.3 Å². The highest BCUT2D eigenvalue weighted by Gasteiger charge is 2.36. The Morgan fingerprint density at radius 3 is 1.47 bits per heavy atom. The van der Waals surface area contributed by atoms with E-state index < -0.39 is 29.3 Å². The molecule has 1 aromatic carbocycles. The largest absolute Gasteiger partial charge is 0.416 e. The van der Waals surface area contributed by atoms with Crippen LogP contribution in [0.4, 0.5) is 26.3 Å². The van der Waals surface area contributed by atoms with Gasteiger partial charge < -0.3 is 0 Å². The van der Waals surface area contributed by atoms with Gasteiger partial charge in [-0.05, 0) is 18.2 Å². The van der Waals surface area contributed by atoms with E-state index in [0.717, 1.165) is 0 Å². The molecule has 0 amide bonds. The van der Waals surface area contributed by atoms with Crippen LogP contribution in [-0.4, -0.2) is 7.85 Å². The van der Waals surface area contributed by atoms with E-state index in [9.17, 15) is 26.3 Å². The molecule has 0 saturated heterocycles. The molecule has 0 aliphatic heterocycles. The molecule has 0 spiro atoms. The molecule has 0 unspecified atom stereocenters. The molecule has 7 heteroatoms. The Kier molecular flexibility index (Phi) is 3.50. The first kappa shape index (κ1) is 13.9. The zero-order chi connectivity index (χ0) is 13.4. The van der Waals surface area contributed by atoms with Crippen molar-refractivity contribution in [3.63, 3.8) is 0 Å². The van der Waals surface area contributed by atoms with Crippen LogP contribution in [0.15, 0.2) is 18.2 Å². The van der Waals surface area contributed by atoms with Gasteiger partial charge in [-0.25, -0.2) is 0 Å². The van der Waals surface area contributed by atoms with Crippen LogP contribution in [0.2, 0.25) is 0 Å². The lowest BCUT2D eigenvalue weighted by atomic mass is 9.81. The fourth-order valence-electron chi connectivity index (χ4n) is 1.24. The van der Waals surface area contributed by atoms with Crippen LogP contribution in [0.3, 0.4) is 0 Å². The van der Waals surface area contributed by atoms with Crippen molar-refractivity contribution >= 4 is 7.85 Å². The zero-order valence-electron chi connectivity index (χ0n) is 8.65. The van der Waals surface area contributed by atoms with Gasteiger partial charge in [0.25, 0.3) is 0 Å². The van der Waals surface area contributed by atoms with Crippen LogP contribution >= 0.6 is 0 Å². The van der Waals surface area contributed by atoms with Gasteiger partial charge >= 0.3 is 12.4 Å². The van der Waals surface area contributed by atoms with E-state index in [-0.39, 0.29) is 11.6 Å².